The Morgan fingerprint density at radius 1 is 1.38 bits per heavy atom. The number of carbonyl (C=O) groups is 1. The van der Waals surface area contributed by atoms with Crippen molar-refractivity contribution < 1.29 is 4.79 Å². The maximum absolute atomic E-state index is 10.8. The van der Waals surface area contributed by atoms with E-state index < -0.39 is 5.91 Å². The molecule has 0 aliphatic heterocycles. The van der Waals surface area contributed by atoms with Crippen LogP contribution in [0.1, 0.15) is 12.5 Å². The van der Waals surface area contributed by atoms with Crippen molar-refractivity contribution in [2.24, 2.45) is 5.73 Å². The summed E-state index contributed by atoms with van der Waals surface area (Å²) < 4.78 is 0. The van der Waals surface area contributed by atoms with Crippen molar-refractivity contribution in [3.63, 3.8) is 0 Å². The molecule has 0 aliphatic rings. The van der Waals surface area contributed by atoms with Gasteiger partial charge in [0.15, 0.2) is 0 Å². The fraction of sp³-hybridized carbons (Fsp3) is 0.0769. The second-order valence-corrected chi connectivity index (χ2v) is 3.33. The van der Waals surface area contributed by atoms with Crippen LogP contribution in [0.25, 0.3) is 6.08 Å². The summed E-state index contributed by atoms with van der Waals surface area (Å²) in [6.07, 6.45) is 3.36. The molecule has 3 nitrogen and oxygen atoms in total. The molecule has 1 amide bonds. The van der Waals surface area contributed by atoms with Crippen molar-refractivity contribution in [3.05, 3.63) is 53.1 Å². The predicted octanol–water partition coefficient (Wildman–Crippen LogP) is 2.03. The lowest BCUT2D eigenvalue weighted by atomic mass is 10.1. The van der Waals surface area contributed by atoms with Crippen LogP contribution in [0.15, 0.2) is 47.6 Å². The van der Waals surface area contributed by atoms with E-state index in [1.54, 1.807) is 6.07 Å². The Hall–Kier alpha value is -2.34. The molecule has 0 saturated carbocycles. The SMILES string of the molecule is C/C(C=C(C#N)C(N)=O)=C\c1ccccc1. The Balaban J connectivity index is 2.96. The first-order chi connectivity index (χ1) is 7.63. The van der Waals surface area contributed by atoms with E-state index >= 15 is 0 Å². The molecular weight excluding hydrogens is 200 g/mol. The third-order valence-electron chi connectivity index (χ3n) is 1.95. The Labute approximate surface area is 94.5 Å². The van der Waals surface area contributed by atoms with Gasteiger partial charge in [-0.25, -0.2) is 0 Å². The summed E-state index contributed by atoms with van der Waals surface area (Å²) in [4.78, 5) is 10.8. The normalized spacial score (nSPS) is 12.0. The first-order valence-electron chi connectivity index (χ1n) is 4.78. The number of allylic oxidation sites excluding steroid dienone is 2. The van der Waals surface area contributed by atoms with Gasteiger partial charge in [-0.05, 0) is 24.1 Å². The van der Waals surface area contributed by atoms with Gasteiger partial charge in [0.1, 0.15) is 11.6 Å². The number of hydrogen-bond acceptors (Lipinski definition) is 2. The summed E-state index contributed by atoms with van der Waals surface area (Å²) in [5, 5.41) is 8.67. The molecule has 1 aromatic rings. The van der Waals surface area contributed by atoms with Gasteiger partial charge in [0, 0.05) is 0 Å². The summed E-state index contributed by atoms with van der Waals surface area (Å²) in [6, 6.07) is 11.4. The van der Waals surface area contributed by atoms with Crippen molar-refractivity contribution in [3.8, 4) is 6.07 Å². The minimum atomic E-state index is -0.705. The zero-order chi connectivity index (χ0) is 12.0. The van der Waals surface area contributed by atoms with Crippen molar-refractivity contribution in [2.45, 2.75) is 6.92 Å². The lowest BCUT2D eigenvalue weighted by Gasteiger charge is -1.96. The maximum atomic E-state index is 10.8. The van der Waals surface area contributed by atoms with Crippen LogP contribution >= 0.6 is 0 Å². The number of nitrogens with two attached hydrogens (primary N) is 1. The van der Waals surface area contributed by atoms with Gasteiger partial charge < -0.3 is 5.73 Å². The molecule has 0 bridgehead atoms. The zero-order valence-corrected chi connectivity index (χ0v) is 8.97. The minimum absolute atomic E-state index is 0.0373. The fourth-order valence-electron chi connectivity index (χ4n) is 1.24. The molecular formula is C13H12N2O. The van der Waals surface area contributed by atoms with Gasteiger partial charge in [-0.2, -0.15) is 5.26 Å². The van der Waals surface area contributed by atoms with E-state index in [0.29, 0.717) is 0 Å². The topological polar surface area (TPSA) is 66.9 Å². The summed E-state index contributed by atoms with van der Waals surface area (Å²) >= 11 is 0. The smallest absolute Gasteiger partial charge is 0.259 e. The van der Waals surface area contributed by atoms with E-state index in [9.17, 15) is 4.79 Å². The Bertz CT molecular complexity index is 478. The Kier molecular flexibility index (Phi) is 4.05. The van der Waals surface area contributed by atoms with Crippen molar-refractivity contribution in [1.82, 2.24) is 0 Å². The van der Waals surface area contributed by atoms with Crippen molar-refractivity contribution in [1.29, 1.82) is 5.26 Å². The second kappa shape index (κ2) is 5.52. The molecule has 80 valence electrons. The molecule has 0 unspecified atom stereocenters. The first-order valence-corrected chi connectivity index (χ1v) is 4.78. The molecule has 2 N–H and O–H groups in total. The van der Waals surface area contributed by atoms with Crippen LogP contribution in [0.4, 0.5) is 0 Å². The predicted molar refractivity (Wildman–Crippen MR) is 63.0 cm³/mol. The van der Waals surface area contributed by atoms with E-state index in [4.69, 9.17) is 11.0 Å². The molecule has 0 heterocycles. The highest BCUT2D eigenvalue weighted by atomic mass is 16.1. The van der Waals surface area contributed by atoms with Gasteiger partial charge in [-0.15, -0.1) is 0 Å². The quantitative estimate of drug-likeness (QED) is 0.473. The van der Waals surface area contributed by atoms with Crippen LogP contribution in [0.5, 0.6) is 0 Å². The highest BCUT2D eigenvalue weighted by Crippen LogP contribution is 2.08. The number of benzene rings is 1. The molecule has 0 atom stereocenters. The third-order valence-corrected chi connectivity index (χ3v) is 1.95. The third kappa shape index (κ3) is 3.43. The minimum Gasteiger partial charge on any atom is -0.365 e. The molecule has 0 saturated heterocycles. The number of nitriles is 1. The highest BCUT2D eigenvalue weighted by molar-refractivity contribution is 5.96. The van der Waals surface area contributed by atoms with E-state index in [1.807, 2.05) is 43.3 Å². The highest BCUT2D eigenvalue weighted by Gasteiger charge is 2.02. The number of nitrogens with zero attached hydrogens (tertiary/aromatic N) is 1. The lowest BCUT2D eigenvalue weighted by Crippen LogP contribution is -2.12. The number of hydrogen-bond donors (Lipinski definition) is 1. The molecule has 3 heteroatoms. The molecule has 1 rings (SSSR count). The molecule has 0 spiro atoms. The van der Waals surface area contributed by atoms with Crippen molar-refractivity contribution in [2.75, 3.05) is 0 Å². The molecule has 0 fully saturated rings. The van der Waals surface area contributed by atoms with Crippen LogP contribution in [0.3, 0.4) is 0 Å². The summed E-state index contributed by atoms with van der Waals surface area (Å²) in [5.74, 6) is -0.705. The van der Waals surface area contributed by atoms with Gasteiger partial charge in [-0.1, -0.05) is 36.4 Å². The van der Waals surface area contributed by atoms with E-state index in [2.05, 4.69) is 0 Å². The van der Waals surface area contributed by atoms with Gasteiger partial charge in [0.25, 0.3) is 5.91 Å². The van der Waals surface area contributed by atoms with Crippen LogP contribution in [0, 0.1) is 11.3 Å². The number of amides is 1. The van der Waals surface area contributed by atoms with Crippen LogP contribution < -0.4 is 5.73 Å². The summed E-state index contributed by atoms with van der Waals surface area (Å²) in [5.41, 5.74) is 6.81. The van der Waals surface area contributed by atoms with Crippen molar-refractivity contribution >= 4 is 12.0 Å². The monoisotopic (exact) mass is 212 g/mol. The Morgan fingerprint density at radius 2 is 2.00 bits per heavy atom. The number of rotatable bonds is 3. The lowest BCUT2D eigenvalue weighted by molar-refractivity contribution is -0.114. The largest absolute Gasteiger partial charge is 0.365 e. The van der Waals surface area contributed by atoms with Gasteiger partial charge in [-0.3, -0.25) is 4.79 Å². The van der Waals surface area contributed by atoms with Gasteiger partial charge in [0.2, 0.25) is 0 Å². The van der Waals surface area contributed by atoms with E-state index in [1.165, 1.54) is 6.08 Å². The second-order valence-electron chi connectivity index (χ2n) is 3.33. The average Bonchev–Trinajstić information content (AvgIpc) is 2.27. The molecule has 16 heavy (non-hydrogen) atoms. The molecule has 0 aromatic heterocycles. The zero-order valence-electron chi connectivity index (χ0n) is 8.97. The summed E-state index contributed by atoms with van der Waals surface area (Å²) in [6.45, 7) is 1.81. The molecule has 1 aromatic carbocycles. The number of carbonyl (C=O) groups excluding carboxylic acids is 1. The molecule has 0 radical (unpaired) electrons. The van der Waals surface area contributed by atoms with Crippen LogP contribution in [0.2, 0.25) is 0 Å². The summed E-state index contributed by atoms with van der Waals surface area (Å²) in [7, 11) is 0. The van der Waals surface area contributed by atoms with E-state index in [-0.39, 0.29) is 5.57 Å². The van der Waals surface area contributed by atoms with Crippen LogP contribution in [-0.2, 0) is 4.79 Å². The average molecular weight is 212 g/mol. The van der Waals surface area contributed by atoms with Gasteiger partial charge in [0.05, 0.1) is 0 Å². The molecule has 0 aliphatic carbocycles. The standard InChI is InChI=1S/C13H12N2O/c1-10(8-12(9-14)13(15)16)7-11-5-3-2-4-6-11/h2-8H,1H3,(H2,15,16)/b10-7+,12-8?. The van der Waals surface area contributed by atoms with Crippen LogP contribution in [-0.4, -0.2) is 5.91 Å². The number of primary amides is 1. The maximum Gasteiger partial charge on any atom is 0.259 e. The first kappa shape index (κ1) is 11.7. The van der Waals surface area contributed by atoms with Gasteiger partial charge >= 0.3 is 0 Å². The fourth-order valence-corrected chi connectivity index (χ4v) is 1.24. The Morgan fingerprint density at radius 3 is 2.50 bits per heavy atom. The van der Waals surface area contributed by atoms with E-state index in [0.717, 1.165) is 11.1 Å².